The van der Waals surface area contributed by atoms with E-state index in [1.54, 1.807) is 14.2 Å². The van der Waals surface area contributed by atoms with Crippen LogP contribution in [0.1, 0.15) is 25.3 Å². The molecular formula is C19H29N3O4. The number of hydrogen-bond donors (Lipinski definition) is 2. The Morgan fingerprint density at radius 3 is 2.58 bits per heavy atom. The molecule has 1 saturated heterocycles. The van der Waals surface area contributed by atoms with Crippen LogP contribution in [0.25, 0.3) is 0 Å². The Balaban J connectivity index is 1.73. The van der Waals surface area contributed by atoms with Crippen LogP contribution in [0.15, 0.2) is 18.2 Å². The van der Waals surface area contributed by atoms with Crippen molar-refractivity contribution < 1.29 is 19.1 Å². The molecule has 26 heavy (non-hydrogen) atoms. The van der Waals surface area contributed by atoms with Gasteiger partial charge in [0.25, 0.3) is 0 Å². The second-order valence-corrected chi connectivity index (χ2v) is 6.33. The van der Waals surface area contributed by atoms with Crippen molar-refractivity contribution in [3.63, 3.8) is 0 Å². The molecule has 2 N–H and O–H groups in total. The first-order chi connectivity index (χ1) is 12.6. The molecule has 144 valence electrons. The van der Waals surface area contributed by atoms with Gasteiger partial charge in [0.05, 0.1) is 14.2 Å². The first-order valence-electron chi connectivity index (χ1n) is 9.10. The summed E-state index contributed by atoms with van der Waals surface area (Å²) in [6, 6.07) is 5.94. The smallest absolute Gasteiger partial charge is 0.309 e. The van der Waals surface area contributed by atoms with Crippen molar-refractivity contribution in [2.45, 2.75) is 32.2 Å². The van der Waals surface area contributed by atoms with Crippen LogP contribution in [0.4, 0.5) is 0 Å². The Kier molecular flexibility index (Phi) is 7.72. The minimum atomic E-state index is -0.591. The molecule has 7 nitrogen and oxygen atoms in total. The minimum Gasteiger partial charge on any atom is -0.493 e. The van der Waals surface area contributed by atoms with E-state index >= 15 is 0 Å². The first-order valence-corrected chi connectivity index (χ1v) is 9.10. The van der Waals surface area contributed by atoms with Crippen LogP contribution >= 0.6 is 0 Å². The van der Waals surface area contributed by atoms with Crippen molar-refractivity contribution >= 4 is 11.8 Å². The lowest BCUT2D eigenvalue weighted by Gasteiger charge is -2.22. The van der Waals surface area contributed by atoms with Crippen molar-refractivity contribution in [1.29, 1.82) is 0 Å². The van der Waals surface area contributed by atoms with Crippen molar-refractivity contribution in [2.24, 2.45) is 0 Å². The zero-order chi connectivity index (χ0) is 18.9. The fourth-order valence-electron chi connectivity index (χ4n) is 3.27. The van der Waals surface area contributed by atoms with Gasteiger partial charge in [-0.25, -0.2) is 0 Å². The number of hydrogen-bond acceptors (Lipinski definition) is 5. The molecule has 0 aliphatic carbocycles. The Bertz CT molecular complexity index is 621. The van der Waals surface area contributed by atoms with E-state index in [1.807, 2.05) is 18.2 Å². The van der Waals surface area contributed by atoms with Crippen LogP contribution in [0.5, 0.6) is 11.5 Å². The molecule has 1 aliphatic heterocycles. The van der Waals surface area contributed by atoms with Crippen LogP contribution in [0, 0.1) is 0 Å². The Labute approximate surface area is 155 Å². The van der Waals surface area contributed by atoms with E-state index in [0.717, 1.165) is 31.5 Å². The lowest BCUT2D eigenvalue weighted by atomic mass is 10.1. The first kappa shape index (κ1) is 20.0. The second kappa shape index (κ2) is 10.0. The summed E-state index contributed by atoms with van der Waals surface area (Å²) in [5.74, 6) is 0.144. The van der Waals surface area contributed by atoms with E-state index in [4.69, 9.17) is 9.47 Å². The molecule has 2 amide bonds. The molecule has 2 rings (SSSR count). The number of methoxy groups -OCH3 is 2. The maximum Gasteiger partial charge on any atom is 0.309 e. The van der Waals surface area contributed by atoms with Gasteiger partial charge in [0.15, 0.2) is 11.5 Å². The Morgan fingerprint density at radius 1 is 1.15 bits per heavy atom. The van der Waals surface area contributed by atoms with E-state index in [-0.39, 0.29) is 0 Å². The third-order valence-electron chi connectivity index (χ3n) is 4.76. The normalized spacial score (nSPS) is 17.0. The molecule has 1 fully saturated rings. The van der Waals surface area contributed by atoms with Gasteiger partial charge in [-0.3, -0.25) is 14.5 Å². The number of carbonyl (C=O) groups is 2. The molecule has 0 spiro atoms. The second-order valence-electron chi connectivity index (χ2n) is 6.33. The van der Waals surface area contributed by atoms with E-state index in [2.05, 4.69) is 22.5 Å². The van der Waals surface area contributed by atoms with Crippen molar-refractivity contribution in [1.82, 2.24) is 15.5 Å². The number of nitrogens with zero attached hydrogens (tertiary/aromatic N) is 1. The molecule has 1 heterocycles. The highest BCUT2D eigenvalue weighted by atomic mass is 16.5. The van der Waals surface area contributed by atoms with E-state index in [9.17, 15) is 9.59 Å². The third-order valence-corrected chi connectivity index (χ3v) is 4.76. The van der Waals surface area contributed by atoms with Crippen LogP contribution in [0.3, 0.4) is 0 Å². The Hall–Kier alpha value is -2.28. The molecule has 1 aliphatic rings. The summed E-state index contributed by atoms with van der Waals surface area (Å²) in [6.07, 6.45) is 2.81. The van der Waals surface area contributed by atoms with E-state index in [1.165, 1.54) is 0 Å². The largest absolute Gasteiger partial charge is 0.493 e. The van der Waals surface area contributed by atoms with Gasteiger partial charge in [-0.1, -0.05) is 13.0 Å². The maximum atomic E-state index is 11.9. The van der Waals surface area contributed by atoms with Gasteiger partial charge in [0.2, 0.25) is 0 Å². The molecule has 1 aromatic rings. The highest BCUT2D eigenvalue weighted by Crippen LogP contribution is 2.27. The van der Waals surface area contributed by atoms with Crippen molar-refractivity contribution in [3.05, 3.63) is 23.8 Å². The highest BCUT2D eigenvalue weighted by Gasteiger charge is 2.24. The molecule has 7 heteroatoms. The Morgan fingerprint density at radius 2 is 1.88 bits per heavy atom. The van der Waals surface area contributed by atoms with Gasteiger partial charge in [-0.2, -0.15) is 0 Å². The van der Waals surface area contributed by atoms with Crippen molar-refractivity contribution in [3.8, 4) is 11.5 Å². The van der Waals surface area contributed by atoms with Crippen LogP contribution in [0.2, 0.25) is 0 Å². The number of likely N-dealkylation sites (tertiary alicyclic amines) is 1. The summed E-state index contributed by atoms with van der Waals surface area (Å²) in [5.41, 5.74) is 0.993. The van der Waals surface area contributed by atoms with Gasteiger partial charge in [0.1, 0.15) is 0 Å². The van der Waals surface area contributed by atoms with Crippen LogP contribution in [-0.2, 0) is 16.0 Å². The van der Waals surface area contributed by atoms with E-state index < -0.39 is 11.8 Å². The topological polar surface area (TPSA) is 79.9 Å². The molecule has 0 radical (unpaired) electrons. The molecule has 0 aromatic heterocycles. The van der Waals surface area contributed by atoms with Crippen molar-refractivity contribution in [2.75, 3.05) is 40.4 Å². The number of amides is 2. The zero-order valence-corrected chi connectivity index (χ0v) is 15.8. The predicted molar refractivity (Wildman–Crippen MR) is 99.5 cm³/mol. The number of nitrogens with one attached hydrogen (secondary N) is 2. The average Bonchev–Trinajstić information content (AvgIpc) is 3.13. The summed E-state index contributed by atoms with van der Waals surface area (Å²) < 4.78 is 10.5. The number of benzene rings is 1. The lowest BCUT2D eigenvalue weighted by molar-refractivity contribution is -0.139. The number of carbonyl (C=O) groups excluding carboxylic acids is 2. The maximum absolute atomic E-state index is 11.9. The van der Waals surface area contributed by atoms with Crippen LogP contribution < -0.4 is 20.1 Å². The summed E-state index contributed by atoms with van der Waals surface area (Å²) in [7, 11) is 3.17. The van der Waals surface area contributed by atoms with Gasteiger partial charge in [0, 0.05) is 19.1 Å². The van der Waals surface area contributed by atoms with E-state index in [0.29, 0.717) is 37.1 Å². The summed E-state index contributed by atoms with van der Waals surface area (Å²) in [6.45, 7) is 5.05. The number of rotatable bonds is 8. The zero-order valence-electron chi connectivity index (χ0n) is 15.8. The summed E-state index contributed by atoms with van der Waals surface area (Å²) in [5, 5.41) is 5.40. The quantitative estimate of drug-likeness (QED) is 0.673. The van der Waals surface area contributed by atoms with Gasteiger partial charge >= 0.3 is 11.8 Å². The summed E-state index contributed by atoms with van der Waals surface area (Å²) in [4.78, 5) is 26.2. The minimum absolute atomic E-state index is 0.337. The third kappa shape index (κ3) is 5.36. The average molecular weight is 363 g/mol. The molecule has 0 bridgehead atoms. The molecule has 1 aromatic carbocycles. The van der Waals surface area contributed by atoms with Crippen LogP contribution in [-0.4, -0.2) is 63.2 Å². The molecule has 0 unspecified atom stereocenters. The summed E-state index contributed by atoms with van der Waals surface area (Å²) >= 11 is 0. The fraction of sp³-hybridized carbons (Fsp3) is 0.579. The standard InChI is InChI=1S/C19H29N3O4/c1-4-22-11-5-6-15(22)13-21-19(24)18(23)20-10-9-14-7-8-16(25-2)17(12-14)26-3/h7-8,12,15H,4-6,9-11,13H2,1-3H3,(H,20,23)(H,21,24)/t15-/m1/s1. The molecular weight excluding hydrogens is 334 g/mol. The fourth-order valence-corrected chi connectivity index (χ4v) is 3.27. The lowest BCUT2D eigenvalue weighted by Crippen LogP contribution is -2.45. The number of likely N-dealkylation sites (N-methyl/N-ethyl adjacent to an activating group) is 1. The van der Waals surface area contributed by atoms with Gasteiger partial charge in [-0.15, -0.1) is 0 Å². The molecule has 1 atom stereocenters. The van der Waals surface area contributed by atoms with Gasteiger partial charge < -0.3 is 20.1 Å². The molecule has 0 saturated carbocycles. The predicted octanol–water partition coefficient (Wildman–Crippen LogP) is 0.963. The highest BCUT2D eigenvalue weighted by molar-refractivity contribution is 6.35. The number of ether oxygens (including phenoxy) is 2. The van der Waals surface area contributed by atoms with Gasteiger partial charge in [-0.05, 0) is 50.0 Å². The SMILES string of the molecule is CCN1CCC[C@@H]1CNC(=O)C(=O)NCCc1ccc(OC)c(OC)c1. The monoisotopic (exact) mass is 363 g/mol.